The molecule has 21 heavy (non-hydrogen) atoms. The van der Waals surface area contributed by atoms with E-state index in [1.165, 1.54) is 0 Å². The van der Waals surface area contributed by atoms with Crippen LogP contribution >= 0.6 is 0 Å². The highest BCUT2D eigenvalue weighted by Gasteiger charge is 2.20. The van der Waals surface area contributed by atoms with Gasteiger partial charge in [0.25, 0.3) is 5.91 Å². The average molecular weight is 290 g/mol. The van der Waals surface area contributed by atoms with Crippen LogP contribution in [0, 0.1) is 12.3 Å². The Bertz CT molecular complexity index is 643. The Labute approximate surface area is 124 Å². The number of hydrogen-bond acceptors (Lipinski definition) is 4. The van der Waals surface area contributed by atoms with Gasteiger partial charge in [-0.25, -0.2) is 0 Å². The Kier molecular flexibility index (Phi) is 4.27. The molecule has 2 N–H and O–H groups in total. The van der Waals surface area contributed by atoms with E-state index < -0.39 is 0 Å². The summed E-state index contributed by atoms with van der Waals surface area (Å²) in [4.78, 5) is 12.3. The van der Waals surface area contributed by atoms with Gasteiger partial charge in [-0.3, -0.25) is 9.20 Å². The molecule has 0 spiro atoms. The van der Waals surface area contributed by atoms with Gasteiger partial charge < -0.3 is 10.4 Å². The Morgan fingerprint density at radius 1 is 1.38 bits per heavy atom. The van der Waals surface area contributed by atoms with Crippen LogP contribution < -0.4 is 5.32 Å². The van der Waals surface area contributed by atoms with E-state index in [0.717, 1.165) is 5.82 Å². The molecular weight excluding hydrogens is 268 g/mol. The number of nitrogens with one attached hydrogen (secondary N) is 1. The van der Waals surface area contributed by atoms with E-state index in [1.807, 2.05) is 6.92 Å². The highest BCUT2D eigenvalue weighted by atomic mass is 16.3. The lowest BCUT2D eigenvalue weighted by atomic mass is 9.88. The molecule has 2 heterocycles. The molecule has 0 aliphatic carbocycles. The fraction of sp³-hybridized carbons (Fsp3) is 0.533. The third-order valence-electron chi connectivity index (χ3n) is 3.25. The fourth-order valence-corrected chi connectivity index (χ4v) is 2.31. The number of amides is 1. The number of aliphatic hydroxyl groups excluding tert-OH is 1. The van der Waals surface area contributed by atoms with Crippen molar-refractivity contribution in [3.05, 3.63) is 29.7 Å². The Morgan fingerprint density at radius 3 is 2.71 bits per heavy atom. The third-order valence-corrected chi connectivity index (χ3v) is 3.25. The summed E-state index contributed by atoms with van der Waals surface area (Å²) in [6.45, 7) is 7.99. The zero-order valence-electron chi connectivity index (χ0n) is 12.9. The summed E-state index contributed by atoms with van der Waals surface area (Å²) in [5.41, 5.74) is 1.27. The van der Waals surface area contributed by atoms with E-state index in [4.69, 9.17) is 0 Å². The summed E-state index contributed by atoms with van der Waals surface area (Å²) in [5.74, 6) is 0.529. The zero-order chi connectivity index (χ0) is 15.6. The summed E-state index contributed by atoms with van der Waals surface area (Å²) in [7, 11) is 0. The molecule has 1 atom stereocenters. The van der Waals surface area contributed by atoms with Crippen molar-refractivity contribution >= 4 is 11.6 Å². The predicted molar refractivity (Wildman–Crippen MR) is 80.1 cm³/mol. The number of nitrogens with zero attached hydrogens (tertiary/aromatic N) is 3. The van der Waals surface area contributed by atoms with E-state index in [-0.39, 0.29) is 24.0 Å². The van der Waals surface area contributed by atoms with Crippen LogP contribution in [0.15, 0.2) is 18.3 Å². The maximum Gasteiger partial charge on any atom is 0.253 e. The molecule has 1 unspecified atom stereocenters. The number of pyridine rings is 1. The van der Waals surface area contributed by atoms with E-state index in [9.17, 15) is 9.90 Å². The first-order valence-corrected chi connectivity index (χ1v) is 7.03. The SMILES string of the molecule is Cc1nnc2ccc(C(=O)NC(CO)CC(C)(C)C)cn12. The molecule has 0 aliphatic rings. The number of aromatic nitrogens is 3. The molecule has 0 radical (unpaired) electrons. The first-order valence-electron chi connectivity index (χ1n) is 7.03. The van der Waals surface area contributed by atoms with Gasteiger partial charge >= 0.3 is 0 Å². The van der Waals surface area contributed by atoms with Crippen molar-refractivity contribution in [1.82, 2.24) is 19.9 Å². The smallest absolute Gasteiger partial charge is 0.253 e. The number of aryl methyl sites for hydroxylation is 1. The molecule has 0 saturated heterocycles. The normalized spacial score (nSPS) is 13.4. The molecule has 2 rings (SSSR count). The lowest BCUT2D eigenvalue weighted by molar-refractivity contribution is 0.0897. The van der Waals surface area contributed by atoms with Gasteiger partial charge in [0.05, 0.1) is 18.2 Å². The number of fused-ring (bicyclic) bond motifs is 1. The highest BCUT2D eigenvalue weighted by Crippen LogP contribution is 2.20. The molecule has 0 bridgehead atoms. The van der Waals surface area contributed by atoms with Gasteiger partial charge in [-0.05, 0) is 30.9 Å². The second kappa shape index (κ2) is 5.81. The maximum atomic E-state index is 12.3. The summed E-state index contributed by atoms with van der Waals surface area (Å²) in [5, 5.41) is 20.2. The number of carbonyl (C=O) groups excluding carboxylic acids is 1. The highest BCUT2D eigenvalue weighted by molar-refractivity contribution is 5.94. The first-order chi connectivity index (χ1) is 9.80. The minimum Gasteiger partial charge on any atom is -0.394 e. The summed E-state index contributed by atoms with van der Waals surface area (Å²) >= 11 is 0. The lowest BCUT2D eigenvalue weighted by Gasteiger charge is -2.25. The minimum absolute atomic E-state index is 0.0372. The van der Waals surface area contributed by atoms with E-state index >= 15 is 0 Å². The number of aliphatic hydroxyl groups is 1. The molecule has 114 valence electrons. The Balaban J connectivity index is 2.15. The van der Waals surface area contributed by atoms with E-state index in [0.29, 0.717) is 17.6 Å². The topological polar surface area (TPSA) is 79.5 Å². The quantitative estimate of drug-likeness (QED) is 0.895. The second-order valence-electron chi connectivity index (χ2n) is 6.51. The largest absolute Gasteiger partial charge is 0.394 e. The first kappa shape index (κ1) is 15.4. The van der Waals surface area contributed by atoms with Crippen LogP contribution in [-0.4, -0.2) is 38.3 Å². The average Bonchev–Trinajstić information content (AvgIpc) is 2.77. The van der Waals surface area contributed by atoms with Crippen LogP contribution in [0.5, 0.6) is 0 Å². The van der Waals surface area contributed by atoms with Crippen molar-refractivity contribution in [2.75, 3.05) is 6.61 Å². The summed E-state index contributed by atoms with van der Waals surface area (Å²) in [6.07, 6.45) is 2.43. The van der Waals surface area contributed by atoms with Crippen LogP contribution in [0.3, 0.4) is 0 Å². The van der Waals surface area contributed by atoms with Crippen LogP contribution in [0.25, 0.3) is 5.65 Å². The van der Waals surface area contributed by atoms with Crippen LogP contribution in [0.2, 0.25) is 0 Å². The van der Waals surface area contributed by atoms with Crippen molar-refractivity contribution in [2.45, 2.75) is 40.2 Å². The molecule has 6 heteroatoms. The molecule has 0 aromatic carbocycles. The Hall–Kier alpha value is -1.95. The molecule has 2 aromatic heterocycles. The van der Waals surface area contributed by atoms with Crippen LogP contribution in [0.4, 0.5) is 0 Å². The lowest BCUT2D eigenvalue weighted by Crippen LogP contribution is -2.40. The van der Waals surface area contributed by atoms with E-state index in [2.05, 4.69) is 36.3 Å². The predicted octanol–water partition coefficient (Wildman–Crippen LogP) is 1.56. The zero-order valence-corrected chi connectivity index (χ0v) is 12.9. The molecule has 6 nitrogen and oxygen atoms in total. The summed E-state index contributed by atoms with van der Waals surface area (Å²) in [6, 6.07) is 3.21. The van der Waals surface area contributed by atoms with Gasteiger partial charge in [-0.15, -0.1) is 10.2 Å². The second-order valence-corrected chi connectivity index (χ2v) is 6.51. The van der Waals surface area contributed by atoms with Crippen molar-refractivity contribution in [2.24, 2.45) is 5.41 Å². The van der Waals surface area contributed by atoms with Gasteiger partial charge in [0, 0.05) is 6.20 Å². The van der Waals surface area contributed by atoms with Crippen molar-refractivity contribution < 1.29 is 9.90 Å². The van der Waals surface area contributed by atoms with Crippen molar-refractivity contribution in [1.29, 1.82) is 0 Å². The van der Waals surface area contributed by atoms with Gasteiger partial charge in [-0.1, -0.05) is 20.8 Å². The van der Waals surface area contributed by atoms with Crippen LogP contribution in [-0.2, 0) is 0 Å². The monoisotopic (exact) mass is 290 g/mol. The van der Waals surface area contributed by atoms with Crippen LogP contribution in [0.1, 0.15) is 43.4 Å². The fourth-order valence-electron chi connectivity index (χ4n) is 2.31. The van der Waals surface area contributed by atoms with Gasteiger partial charge in [0.1, 0.15) is 5.82 Å². The van der Waals surface area contributed by atoms with E-state index in [1.54, 1.807) is 22.7 Å². The van der Waals surface area contributed by atoms with Gasteiger partial charge in [0.2, 0.25) is 0 Å². The van der Waals surface area contributed by atoms with Gasteiger partial charge in [0.15, 0.2) is 5.65 Å². The number of carbonyl (C=O) groups is 1. The number of rotatable bonds is 4. The van der Waals surface area contributed by atoms with Crippen molar-refractivity contribution in [3.63, 3.8) is 0 Å². The standard InChI is InChI=1S/C15H22N4O2/c1-10-17-18-13-6-5-11(8-19(10)13)14(21)16-12(9-20)7-15(2,3)4/h5-6,8,12,20H,7,9H2,1-4H3,(H,16,21). The Morgan fingerprint density at radius 2 is 2.10 bits per heavy atom. The minimum atomic E-state index is -0.254. The summed E-state index contributed by atoms with van der Waals surface area (Å²) < 4.78 is 1.77. The number of hydrogen-bond donors (Lipinski definition) is 2. The van der Waals surface area contributed by atoms with Gasteiger partial charge in [-0.2, -0.15) is 0 Å². The maximum absolute atomic E-state index is 12.3. The van der Waals surface area contributed by atoms with Crippen molar-refractivity contribution in [3.8, 4) is 0 Å². The molecular formula is C15H22N4O2. The third kappa shape index (κ3) is 3.78. The molecule has 0 aliphatic heterocycles. The molecule has 0 saturated carbocycles. The molecule has 2 aromatic rings. The molecule has 0 fully saturated rings. The molecule has 1 amide bonds.